The predicted octanol–water partition coefficient (Wildman–Crippen LogP) is 2.77. The number of hydrogen-bond acceptors (Lipinski definition) is 3. The third-order valence-corrected chi connectivity index (χ3v) is 4.01. The second-order valence-electron chi connectivity index (χ2n) is 4.88. The summed E-state index contributed by atoms with van der Waals surface area (Å²) in [6, 6.07) is 8.10. The fourth-order valence-electron chi connectivity index (χ4n) is 2.78. The molecule has 1 aromatic carbocycles. The van der Waals surface area contributed by atoms with Gasteiger partial charge in [-0.15, -0.1) is 0 Å². The summed E-state index contributed by atoms with van der Waals surface area (Å²) in [5.41, 5.74) is 1.16. The van der Waals surface area contributed by atoms with E-state index in [2.05, 4.69) is 6.07 Å². The first kappa shape index (κ1) is 9.70. The number of fused-ring (bicyclic) bond motifs is 3. The fourth-order valence-corrected chi connectivity index (χ4v) is 2.78. The van der Waals surface area contributed by atoms with Gasteiger partial charge in [0.1, 0.15) is 0 Å². The Morgan fingerprint density at radius 1 is 1.19 bits per heavy atom. The van der Waals surface area contributed by atoms with E-state index in [1.54, 1.807) is 0 Å². The van der Waals surface area contributed by atoms with Gasteiger partial charge in [0.05, 0.1) is 0 Å². The molecule has 3 heteroatoms. The SMILES string of the molecule is CC12CCc3ccccc3C1(C)OC(=O)O2. The first-order chi connectivity index (χ1) is 7.55. The van der Waals surface area contributed by atoms with E-state index in [1.807, 2.05) is 32.0 Å². The zero-order valence-corrected chi connectivity index (χ0v) is 9.45. The van der Waals surface area contributed by atoms with Gasteiger partial charge in [0, 0.05) is 5.56 Å². The van der Waals surface area contributed by atoms with Crippen LogP contribution in [-0.2, 0) is 21.5 Å². The van der Waals surface area contributed by atoms with E-state index < -0.39 is 17.4 Å². The number of aryl methyl sites for hydroxylation is 1. The van der Waals surface area contributed by atoms with Crippen molar-refractivity contribution >= 4 is 6.16 Å². The summed E-state index contributed by atoms with van der Waals surface area (Å²) in [6.07, 6.45) is 1.19. The van der Waals surface area contributed by atoms with E-state index >= 15 is 0 Å². The molecule has 0 radical (unpaired) electrons. The first-order valence-corrected chi connectivity index (χ1v) is 5.56. The van der Waals surface area contributed by atoms with E-state index in [1.165, 1.54) is 5.56 Å². The molecule has 0 spiro atoms. The zero-order chi connectivity index (χ0) is 11.4. The third-order valence-electron chi connectivity index (χ3n) is 4.01. The summed E-state index contributed by atoms with van der Waals surface area (Å²) >= 11 is 0. The van der Waals surface area contributed by atoms with Crippen molar-refractivity contribution in [1.29, 1.82) is 0 Å². The largest absolute Gasteiger partial charge is 0.510 e. The lowest BCUT2D eigenvalue weighted by Crippen LogP contribution is -2.48. The number of hydrogen-bond donors (Lipinski definition) is 0. The summed E-state index contributed by atoms with van der Waals surface area (Å²) in [5.74, 6) is 0. The van der Waals surface area contributed by atoms with Crippen molar-refractivity contribution < 1.29 is 14.3 Å². The molecular weight excluding hydrogens is 204 g/mol. The number of carbonyl (C=O) groups excluding carboxylic acids is 1. The van der Waals surface area contributed by atoms with Crippen LogP contribution in [-0.4, -0.2) is 11.8 Å². The van der Waals surface area contributed by atoms with E-state index in [-0.39, 0.29) is 0 Å². The maximum atomic E-state index is 11.4. The minimum absolute atomic E-state index is 0.529. The molecule has 1 aliphatic carbocycles. The topological polar surface area (TPSA) is 35.5 Å². The Balaban J connectivity index is 2.21. The number of ether oxygens (including phenoxy) is 2. The molecule has 1 heterocycles. The van der Waals surface area contributed by atoms with E-state index in [9.17, 15) is 4.79 Å². The first-order valence-electron chi connectivity index (χ1n) is 5.56. The molecule has 1 fully saturated rings. The van der Waals surface area contributed by atoms with Gasteiger partial charge in [0.15, 0.2) is 11.2 Å². The van der Waals surface area contributed by atoms with E-state index in [4.69, 9.17) is 9.47 Å². The monoisotopic (exact) mass is 218 g/mol. The van der Waals surface area contributed by atoms with Gasteiger partial charge in [0.2, 0.25) is 0 Å². The molecule has 0 bridgehead atoms. The molecule has 1 aromatic rings. The van der Waals surface area contributed by atoms with Crippen LogP contribution in [0.2, 0.25) is 0 Å². The van der Waals surface area contributed by atoms with Gasteiger partial charge >= 0.3 is 6.16 Å². The van der Waals surface area contributed by atoms with Crippen LogP contribution in [0.25, 0.3) is 0 Å². The Labute approximate surface area is 94.4 Å². The van der Waals surface area contributed by atoms with Gasteiger partial charge in [-0.25, -0.2) is 4.79 Å². The maximum Gasteiger partial charge on any atom is 0.510 e. The van der Waals surface area contributed by atoms with Crippen molar-refractivity contribution in [2.75, 3.05) is 0 Å². The van der Waals surface area contributed by atoms with Crippen molar-refractivity contribution in [3.8, 4) is 0 Å². The Bertz CT molecular complexity index is 468. The molecule has 0 saturated carbocycles. The van der Waals surface area contributed by atoms with Gasteiger partial charge in [-0.2, -0.15) is 0 Å². The summed E-state index contributed by atoms with van der Waals surface area (Å²) in [6.45, 7) is 3.89. The molecule has 2 atom stereocenters. The molecule has 0 aromatic heterocycles. The molecule has 16 heavy (non-hydrogen) atoms. The second kappa shape index (κ2) is 2.78. The quantitative estimate of drug-likeness (QED) is 0.628. The van der Waals surface area contributed by atoms with Crippen LogP contribution in [0.15, 0.2) is 24.3 Å². The molecule has 2 aliphatic rings. The summed E-state index contributed by atoms with van der Waals surface area (Å²) in [5, 5.41) is 0. The molecule has 0 N–H and O–H groups in total. The van der Waals surface area contributed by atoms with Crippen LogP contribution < -0.4 is 0 Å². The van der Waals surface area contributed by atoms with Gasteiger partial charge in [0.25, 0.3) is 0 Å². The average Bonchev–Trinajstić information content (AvgIpc) is 2.49. The summed E-state index contributed by atoms with van der Waals surface area (Å²) in [4.78, 5) is 11.4. The second-order valence-corrected chi connectivity index (χ2v) is 4.88. The van der Waals surface area contributed by atoms with Crippen LogP contribution in [0, 0.1) is 0 Å². The van der Waals surface area contributed by atoms with Crippen molar-refractivity contribution in [2.45, 2.75) is 37.9 Å². The van der Waals surface area contributed by atoms with Crippen molar-refractivity contribution in [3.05, 3.63) is 35.4 Å². The predicted molar refractivity (Wildman–Crippen MR) is 58.1 cm³/mol. The minimum Gasteiger partial charge on any atom is -0.423 e. The number of carbonyl (C=O) groups is 1. The van der Waals surface area contributed by atoms with Crippen LogP contribution >= 0.6 is 0 Å². The molecule has 1 saturated heterocycles. The molecule has 2 unspecified atom stereocenters. The van der Waals surface area contributed by atoms with Crippen LogP contribution in [0.3, 0.4) is 0 Å². The van der Waals surface area contributed by atoms with E-state index in [0.717, 1.165) is 18.4 Å². The Morgan fingerprint density at radius 3 is 2.75 bits per heavy atom. The lowest BCUT2D eigenvalue weighted by atomic mass is 9.70. The van der Waals surface area contributed by atoms with Crippen molar-refractivity contribution in [2.24, 2.45) is 0 Å². The normalized spacial score (nSPS) is 36.0. The van der Waals surface area contributed by atoms with Crippen molar-refractivity contribution in [3.63, 3.8) is 0 Å². The Morgan fingerprint density at radius 2 is 1.94 bits per heavy atom. The Kier molecular flexibility index (Phi) is 1.69. The summed E-state index contributed by atoms with van der Waals surface area (Å²) < 4.78 is 10.8. The van der Waals surface area contributed by atoms with Crippen LogP contribution in [0.1, 0.15) is 31.4 Å². The lowest BCUT2D eigenvalue weighted by molar-refractivity contribution is -0.0415. The van der Waals surface area contributed by atoms with Gasteiger partial charge in [-0.3, -0.25) is 0 Å². The molecular formula is C13H14O3. The fraction of sp³-hybridized carbons (Fsp3) is 0.462. The minimum atomic E-state index is -0.640. The smallest absolute Gasteiger partial charge is 0.423 e. The summed E-state index contributed by atoms with van der Waals surface area (Å²) in [7, 11) is 0. The van der Waals surface area contributed by atoms with Crippen LogP contribution in [0.4, 0.5) is 4.79 Å². The van der Waals surface area contributed by atoms with Gasteiger partial charge < -0.3 is 9.47 Å². The Hall–Kier alpha value is -1.51. The third kappa shape index (κ3) is 1.01. The molecule has 3 nitrogen and oxygen atoms in total. The highest BCUT2D eigenvalue weighted by atomic mass is 16.8. The van der Waals surface area contributed by atoms with Crippen molar-refractivity contribution in [1.82, 2.24) is 0 Å². The standard InChI is InChI=1S/C13H14O3/c1-12-8-7-9-5-3-4-6-10(9)13(12,2)16-11(14)15-12/h3-6H,7-8H2,1-2H3. The number of benzene rings is 1. The maximum absolute atomic E-state index is 11.4. The highest BCUT2D eigenvalue weighted by molar-refractivity contribution is 5.66. The number of rotatable bonds is 0. The average molecular weight is 218 g/mol. The molecule has 84 valence electrons. The van der Waals surface area contributed by atoms with Crippen LogP contribution in [0.5, 0.6) is 0 Å². The molecule has 0 amide bonds. The van der Waals surface area contributed by atoms with Gasteiger partial charge in [-0.1, -0.05) is 24.3 Å². The van der Waals surface area contributed by atoms with Gasteiger partial charge in [-0.05, 0) is 32.3 Å². The highest BCUT2D eigenvalue weighted by Gasteiger charge is 2.60. The lowest BCUT2D eigenvalue weighted by Gasteiger charge is -2.40. The highest BCUT2D eigenvalue weighted by Crippen LogP contribution is 2.51. The zero-order valence-electron chi connectivity index (χ0n) is 9.45. The van der Waals surface area contributed by atoms with E-state index in [0.29, 0.717) is 0 Å². The molecule has 3 rings (SSSR count). The molecule has 1 aliphatic heterocycles.